The molecule has 0 bridgehead atoms. The fourth-order valence-corrected chi connectivity index (χ4v) is 1.63. The van der Waals surface area contributed by atoms with E-state index in [0.29, 0.717) is 17.2 Å². The number of carbonyl (C=O) groups is 2. The highest BCUT2D eigenvalue weighted by Gasteiger charge is 2.16. The molecule has 94 valence electrons. The number of Topliss-reactive ketones (excluding diaryl/α,β-unsaturated/α-hetero) is 1. The summed E-state index contributed by atoms with van der Waals surface area (Å²) >= 11 is 0. The van der Waals surface area contributed by atoms with Gasteiger partial charge in [-0.3, -0.25) is 4.79 Å². The maximum absolute atomic E-state index is 11.2. The van der Waals surface area contributed by atoms with Crippen LogP contribution < -0.4 is 0 Å². The van der Waals surface area contributed by atoms with Gasteiger partial charge in [-0.05, 0) is 19.9 Å². The van der Waals surface area contributed by atoms with Crippen molar-refractivity contribution in [3.8, 4) is 0 Å². The SMILES string of the molecule is CC(=O)c1cc(C(=O)O)n(Cc2ncc(C)o2)c1. The molecule has 0 saturated carbocycles. The van der Waals surface area contributed by atoms with Crippen LogP contribution in [-0.4, -0.2) is 26.4 Å². The van der Waals surface area contributed by atoms with Gasteiger partial charge in [-0.15, -0.1) is 0 Å². The van der Waals surface area contributed by atoms with E-state index in [0.717, 1.165) is 0 Å². The number of carbonyl (C=O) groups excluding carboxylic acids is 1. The van der Waals surface area contributed by atoms with Crippen molar-refractivity contribution in [2.75, 3.05) is 0 Å². The normalized spacial score (nSPS) is 10.6. The molecule has 0 aromatic carbocycles. The summed E-state index contributed by atoms with van der Waals surface area (Å²) < 4.78 is 6.72. The number of aryl methyl sites for hydroxylation is 1. The minimum atomic E-state index is -1.09. The summed E-state index contributed by atoms with van der Waals surface area (Å²) in [7, 11) is 0. The largest absolute Gasteiger partial charge is 0.477 e. The van der Waals surface area contributed by atoms with Gasteiger partial charge in [0.05, 0.1) is 12.7 Å². The fraction of sp³-hybridized carbons (Fsp3) is 0.250. The second kappa shape index (κ2) is 4.48. The first-order valence-electron chi connectivity index (χ1n) is 5.33. The van der Waals surface area contributed by atoms with E-state index in [1.54, 1.807) is 13.1 Å². The third-order valence-electron chi connectivity index (χ3n) is 2.50. The molecular weight excluding hydrogens is 236 g/mol. The third-order valence-corrected chi connectivity index (χ3v) is 2.50. The summed E-state index contributed by atoms with van der Waals surface area (Å²) in [6.07, 6.45) is 3.05. The molecule has 0 aliphatic rings. The van der Waals surface area contributed by atoms with Crippen molar-refractivity contribution < 1.29 is 19.1 Å². The highest BCUT2D eigenvalue weighted by atomic mass is 16.4. The zero-order valence-corrected chi connectivity index (χ0v) is 10.0. The molecule has 2 aromatic heterocycles. The molecule has 0 atom stereocenters. The van der Waals surface area contributed by atoms with Gasteiger partial charge in [0.1, 0.15) is 11.5 Å². The maximum Gasteiger partial charge on any atom is 0.352 e. The van der Waals surface area contributed by atoms with Crippen LogP contribution in [0.5, 0.6) is 0 Å². The van der Waals surface area contributed by atoms with Gasteiger partial charge >= 0.3 is 5.97 Å². The van der Waals surface area contributed by atoms with Gasteiger partial charge < -0.3 is 14.1 Å². The fourth-order valence-electron chi connectivity index (χ4n) is 1.63. The number of ketones is 1. The molecule has 0 amide bonds. The molecule has 18 heavy (non-hydrogen) atoms. The molecule has 2 aromatic rings. The van der Waals surface area contributed by atoms with E-state index >= 15 is 0 Å². The third kappa shape index (κ3) is 2.32. The van der Waals surface area contributed by atoms with Crippen LogP contribution in [0.2, 0.25) is 0 Å². The van der Waals surface area contributed by atoms with E-state index in [-0.39, 0.29) is 18.0 Å². The zero-order valence-electron chi connectivity index (χ0n) is 10.0. The van der Waals surface area contributed by atoms with Crippen molar-refractivity contribution in [3.05, 3.63) is 41.4 Å². The molecule has 0 aliphatic carbocycles. The zero-order chi connectivity index (χ0) is 13.3. The Morgan fingerprint density at radius 1 is 1.50 bits per heavy atom. The molecule has 6 nitrogen and oxygen atoms in total. The number of rotatable bonds is 4. The molecule has 0 radical (unpaired) electrons. The van der Waals surface area contributed by atoms with Crippen molar-refractivity contribution in [1.29, 1.82) is 0 Å². The molecular formula is C12H12N2O4. The van der Waals surface area contributed by atoms with Crippen LogP contribution in [0.4, 0.5) is 0 Å². The van der Waals surface area contributed by atoms with Crippen molar-refractivity contribution >= 4 is 11.8 Å². The lowest BCUT2D eigenvalue weighted by molar-refractivity contribution is 0.0685. The van der Waals surface area contributed by atoms with Crippen molar-refractivity contribution in [1.82, 2.24) is 9.55 Å². The van der Waals surface area contributed by atoms with E-state index in [1.807, 2.05) is 0 Å². The van der Waals surface area contributed by atoms with E-state index in [1.165, 1.54) is 23.8 Å². The molecule has 6 heteroatoms. The first-order chi connectivity index (χ1) is 8.47. The van der Waals surface area contributed by atoms with Crippen LogP contribution >= 0.6 is 0 Å². The monoisotopic (exact) mass is 248 g/mol. The van der Waals surface area contributed by atoms with Gasteiger partial charge in [-0.2, -0.15) is 0 Å². The second-order valence-corrected chi connectivity index (χ2v) is 3.97. The molecule has 0 unspecified atom stereocenters. The Balaban J connectivity index is 2.36. The highest BCUT2D eigenvalue weighted by molar-refractivity contribution is 5.97. The summed E-state index contributed by atoms with van der Waals surface area (Å²) in [6.45, 7) is 3.33. The van der Waals surface area contributed by atoms with Crippen molar-refractivity contribution in [2.24, 2.45) is 0 Å². The second-order valence-electron chi connectivity index (χ2n) is 3.97. The highest BCUT2D eigenvalue weighted by Crippen LogP contribution is 2.13. The molecule has 1 N–H and O–H groups in total. The Labute approximate surface area is 103 Å². The average molecular weight is 248 g/mol. The van der Waals surface area contributed by atoms with Crippen LogP contribution in [0.3, 0.4) is 0 Å². The lowest BCUT2D eigenvalue weighted by Crippen LogP contribution is -2.08. The predicted octanol–water partition coefficient (Wildman–Crippen LogP) is 1.73. The van der Waals surface area contributed by atoms with E-state index in [2.05, 4.69) is 4.98 Å². The van der Waals surface area contributed by atoms with Crippen LogP contribution in [0.25, 0.3) is 0 Å². The molecule has 2 heterocycles. The number of aromatic carboxylic acids is 1. The quantitative estimate of drug-likeness (QED) is 0.833. The first-order valence-corrected chi connectivity index (χ1v) is 5.33. The van der Waals surface area contributed by atoms with Gasteiger partial charge in [0.25, 0.3) is 0 Å². The van der Waals surface area contributed by atoms with Gasteiger partial charge in [0.2, 0.25) is 5.89 Å². The van der Waals surface area contributed by atoms with E-state index in [9.17, 15) is 9.59 Å². The van der Waals surface area contributed by atoms with Crippen LogP contribution in [0.15, 0.2) is 22.9 Å². The number of nitrogens with zero attached hydrogens (tertiary/aromatic N) is 2. The minimum absolute atomic E-state index is 0.0380. The molecule has 2 rings (SSSR count). The molecule has 0 fully saturated rings. The molecule has 0 saturated heterocycles. The van der Waals surface area contributed by atoms with Gasteiger partial charge in [-0.25, -0.2) is 9.78 Å². The Hall–Kier alpha value is -2.37. The number of carboxylic acids is 1. The average Bonchev–Trinajstić information content (AvgIpc) is 2.85. The predicted molar refractivity (Wildman–Crippen MR) is 61.7 cm³/mol. The number of hydrogen-bond donors (Lipinski definition) is 1. The smallest absolute Gasteiger partial charge is 0.352 e. The van der Waals surface area contributed by atoms with Crippen molar-refractivity contribution in [3.63, 3.8) is 0 Å². The van der Waals surface area contributed by atoms with E-state index < -0.39 is 5.97 Å². The Bertz CT molecular complexity index is 609. The van der Waals surface area contributed by atoms with Crippen LogP contribution in [0.1, 0.15) is 39.4 Å². The number of carboxylic acid groups (broad SMARTS) is 1. The molecule has 0 spiro atoms. The summed E-state index contributed by atoms with van der Waals surface area (Å²) in [5.41, 5.74) is 0.395. The van der Waals surface area contributed by atoms with E-state index in [4.69, 9.17) is 9.52 Å². The lowest BCUT2D eigenvalue weighted by Gasteiger charge is -2.02. The molecule has 0 aliphatic heterocycles. The Morgan fingerprint density at radius 3 is 2.72 bits per heavy atom. The van der Waals surface area contributed by atoms with Crippen LogP contribution in [-0.2, 0) is 6.54 Å². The first kappa shape index (κ1) is 12.1. The van der Waals surface area contributed by atoms with Gasteiger partial charge in [0.15, 0.2) is 5.78 Å². The lowest BCUT2D eigenvalue weighted by atomic mass is 10.2. The van der Waals surface area contributed by atoms with Crippen molar-refractivity contribution in [2.45, 2.75) is 20.4 Å². The standard InChI is InChI=1S/C12H12N2O4/c1-7-4-13-11(18-7)6-14-5-9(8(2)15)3-10(14)12(16)17/h3-5H,6H2,1-2H3,(H,16,17). The maximum atomic E-state index is 11.2. The summed E-state index contributed by atoms with van der Waals surface area (Å²) in [4.78, 5) is 26.3. The van der Waals surface area contributed by atoms with Gasteiger partial charge in [-0.1, -0.05) is 0 Å². The van der Waals surface area contributed by atoms with Gasteiger partial charge in [0, 0.05) is 11.8 Å². The topological polar surface area (TPSA) is 85.3 Å². The summed E-state index contributed by atoms with van der Waals surface area (Å²) in [5.74, 6) is -0.216. The van der Waals surface area contributed by atoms with Crippen LogP contribution in [0, 0.1) is 6.92 Å². The minimum Gasteiger partial charge on any atom is -0.477 e. The summed E-state index contributed by atoms with van der Waals surface area (Å²) in [6, 6.07) is 1.35. The number of oxazole rings is 1. The summed E-state index contributed by atoms with van der Waals surface area (Å²) in [5, 5.41) is 9.06. The Kier molecular flexibility index (Phi) is 3.01. The number of hydrogen-bond acceptors (Lipinski definition) is 4. The number of aromatic nitrogens is 2. The Morgan fingerprint density at radius 2 is 2.22 bits per heavy atom.